The van der Waals surface area contributed by atoms with Gasteiger partial charge in [-0.3, -0.25) is 24.3 Å². The van der Waals surface area contributed by atoms with Crippen molar-refractivity contribution in [1.82, 2.24) is 4.57 Å². The third kappa shape index (κ3) is 3.59. The molecular weight excluding hydrogens is 380 g/mol. The van der Waals surface area contributed by atoms with Crippen LogP contribution in [0.3, 0.4) is 0 Å². The number of nitro groups is 1. The molecule has 29 heavy (non-hydrogen) atoms. The molecule has 1 fully saturated rings. The summed E-state index contributed by atoms with van der Waals surface area (Å²) in [5.41, 5.74) is 1.40. The van der Waals surface area contributed by atoms with Gasteiger partial charge in [-0.25, -0.2) is 4.79 Å². The number of anilines is 2. The zero-order valence-corrected chi connectivity index (χ0v) is 15.2. The largest absolute Gasteiger partial charge is 0.420 e. The van der Waals surface area contributed by atoms with Crippen LogP contribution in [-0.4, -0.2) is 27.8 Å². The predicted octanol–water partition coefficient (Wildman–Crippen LogP) is 2.27. The highest BCUT2D eigenvalue weighted by Gasteiger charge is 2.21. The van der Waals surface area contributed by atoms with Crippen LogP contribution in [0.4, 0.5) is 17.1 Å². The fraction of sp³-hybridized carbons (Fsp3) is 0.211. The minimum atomic E-state index is -0.779. The third-order valence-corrected chi connectivity index (χ3v) is 4.70. The van der Waals surface area contributed by atoms with Crippen LogP contribution < -0.4 is 16.0 Å². The highest BCUT2D eigenvalue weighted by molar-refractivity contribution is 5.96. The van der Waals surface area contributed by atoms with E-state index in [1.165, 1.54) is 12.1 Å². The van der Waals surface area contributed by atoms with E-state index in [9.17, 15) is 24.5 Å². The number of carbonyl (C=O) groups excluding carboxylic acids is 2. The molecule has 10 heteroatoms. The lowest BCUT2D eigenvalue weighted by Gasteiger charge is -2.16. The van der Waals surface area contributed by atoms with E-state index in [1.807, 2.05) is 0 Å². The average molecular weight is 396 g/mol. The molecule has 1 saturated heterocycles. The van der Waals surface area contributed by atoms with Gasteiger partial charge < -0.3 is 14.6 Å². The van der Waals surface area contributed by atoms with Gasteiger partial charge in [0.1, 0.15) is 6.54 Å². The van der Waals surface area contributed by atoms with Crippen molar-refractivity contribution in [3.05, 3.63) is 63.1 Å². The Labute approximate surface area is 163 Å². The molecule has 1 aliphatic rings. The van der Waals surface area contributed by atoms with Gasteiger partial charge in [-0.2, -0.15) is 0 Å². The number of amides is 2. The number of nitro benzene ring substituents is 1. The van der Waals surface area contributed by atoms with Gasteiger partial charge in [-0.1, -0.05) is 0 Å². The zero-order valence-electron chi connectivity index (χ0n) is 15.2. The van der Waals surface area contributed by atoms with E-state index >= 15 is 0 Å². The van der Waals surface area contributed by atoms with Crippen LogP contribution in [0.25, 0.3) is 11.1 Å². The Balaban J connectivity index is 1.48. The van der Waals surface area contributed by atoms with Crippen LogP contribution in [0, 0.1) is 10.1 Å². The fourth-order valence-corrected chi connectivity index (χ4v) is 3.31. The molecule has 0 bridgehead atoms. The van der Waals surface area contributed by atoms with E-state index in [4.69, 9.17) is 4.42 Å². The summed E-state index contributed by atoms with van der Waals surface area (Å²) in [7, 11) is 0. The van der Waals surface area contributed by atoms with Crippen molar-refractivity contribution in [1.29, 1.82) is 0 Å². The molecule has 10 nitrogen and oxygen atoms in total. The van der Waals surface area contributed by atoms with Crippen molar-refractivity contribution in [2.75, 3.05) is 16.8 Å². The second-order valence-corrected chi connectivity index (χ2v) is 6.61. The maximum absolute atomic E-state index is 12.4. The maximum Gasteiger partial charge on any atom is 0.420 e. The van der Waals surface area contributed by atoms with Crippen LogP contribution >= 0.6 is 0 Å². The summed E-state index contributed by atoms with van der Waals surface area (Å²) in [5, 5.41) is 13.5. The lowest BCUT2D eigenvalue weighted by Crippen LogP contribution is -2.25. The van der Waals surface area contributed by atoms with Crippen LogP contribution in [0.1, 0.15) is 12.8 Å². The first-order valence-electron chi connectivity index (χ1n) is 8.90. The number of rotatable bonds is 5. The summed E-state index contributed by atoms with van der Waals surface area (Å²) in [6, 6.07) is 10.6. The number of aromatic nitrogens is 1. The van der Waals surface area contributed by atoms with Gasteiger partial charge in [-0.05, 0) is 36.8 Å². The van der Waals surface area contributed by atoms with E-state index in [0.29, 0.717) is 24.2 Å². The number of oxazole rings is 1. The number of hydrogen-bond donors (Lipinski definition) is 1. The van der Waals surface area contributed by atoms with Crippen molar-refractivity contribution < 1.29 is 18.9 Å². The Hall–Kier alpha value is -3.95. The Morgan fingerprint density at radius 2 is 1.93 bits per heavy atom. The monoisotopic (exact) mass is 396 g/mol. The lowest BCUT2D eigenvalue weighted by molar-refractivity contribution is -0.384. The first-order chi connectivity index (χ1) is 13.9. The molecule has 2 heterocycles. The van der Waals surface area contributed by atoms with Gasteiger partial charge in [0.15, 0.2) is 5.58 Å². The van der Waals surface area contributed by atoms with E-state index in [1.54, 1.807) is 29.2 Å². The van der Waals surface area contributed by atoms with Gasteiger partial charge in [0.25, 0.3) is 5.69 Å². The number of carbonyl (C=O) groups is 2. The quantitative estimate of drug-likeness (QED) is 0.520. The molecule has 148 valence electrons. The molecule has 2 aromatic carbocycles. The molecule has 0 saturated carbocycles. The Morgan fingerprint density at radius 3 is 2.59 bits per heavy atom. The predicted molar refractivity (Wildman–Crippen MR) is 104 cm³/mol. The van der Waals surface area contributed by atoms with Gasteiger partial charge in [0, 0.05) is 30.4 Å². The highest BCUT2D eigenvalue weighted by Crippen LogP contribution is 2.23. The number of nitrogens with one attached hydrogen (secondary N) is 1. The summed E-state index contributed by atoms with van der Waals surface area (Å²) in [6.07, 6.45) is 1.36. The van der Waals surface area contributed by atoms with E-state index in [2.05, 4.69) is 5.32 Å². The number of fused-ring (bicyclic) bond motifs is 1. The minimum Gasteiger partial charge on any atom is -0.407 e. The van der Waals surface area contributed by atoms with Crippen LogP contribution in [0.15, 0.2) is 51.7 Å². The normalized spacial score (nSPS) is 13.8. The smallest absolute Gasteiger partial charge is 0.407 e. The van der Waals surface area contributed by atoms with E-state index < -0.39 is 16.6 Å². The Bertz CT molecular complexity index is 1180. The SMILES string of the molecule is O=C(Cn1c(=O)oc2cc([N+](=O)[O-])ccc21)Nc1ccc(N2CCCC2=O)cc1. The lowest BCUT2D eigenvalue weighted by atomic mass is 10.2. The van der Waals surface area contributed by atoms with Crippen LogP contribution in [-0.2, 0) is 16.1 Å². The summed E-state index contributed by atoms with van der Waals surface area (Å²) < 4.78 is 6.11. The number of nitrogens with zero attached hydrogens (tertiary/aromatic N) is 3. The van der Waals surface area contributed by atoms with Gasteiger partial charge in [0.05, 0.1) is 16.5 Å². The molecule has 4 rings (SSSR count). The Morgan fingerprint density at radius 1 is 1.17 bits per heavy atom. The number of benzene rings is 2. The molecule has 0 radical (unpaired) electrons. The van der Waals surface area contributed by atoms with Crippen molar-refractivity contribution in [2.24, 2.45) is 0 Å². The molecule has 1 aromatic heterocycles. The molecule has 0 unspecified atom stereocenters. The third-order valence-electron chi connectivity index (χ3n) is 4.70. The second-order valence-electron chi connectivity index (χ2n) is 6.61. The van der Waals surface area contributed by atoms with Crippen molar-refractivity contribution in [2.45, 2.75) is 19.4 Å². The highest BCUT2D eigenvalue weighted by atomic mass is 16.6. The molecule has 0 atom stereocenters. The maximum atomic E-state index is 12.4. The van der Waals surface area contributed by atoms with Crippen molar-refractivity contribution >= 4 is 40.0 Å². The average Bonchev–Trinajstić information content (AvgIpc) is 3.25. The van der Waals surface area contributed by atoms with Crippen molar-refractivity contribution in [3.63, 3.8) is 0 Å². The van der Waals surface area contributed by atoms with Crippen LogP contribution in [0.2, 0.25) is 0 Å². The second kappa shape index (κ2) is 7.23. The molecule has 0 aliphatic carbocycles. The van der Waals surface area contributed by atoms with E-state index in [0.717, 1.165) is 22.7 Å². The van der Waals surface area contributed by atoms with E-state index in [-0.39, 0.29) is 23.7 Å². The standard InChI is InChI=1S/C19H16N4O6/c24-17(20-12-3-5-13(6-4-12)21-9-1-2-18(21)25)11-22-15-8-7-14(23(27)28)10-16(15)29-19(22)26/h3-8,10H,1-2,9,11H2,(H,20,24). The summed E-state index contributed by atoms with van der Waals surface area (Å²) >= 11 is 0. The molecule has 1 aliphatic heterocycles. The topological polar surface area (TPSA) is 128 Å². The molecule has 1 N–H and O–H groups in total. The van der Waals surface area contributed by atoms with Gasteiger partial charge in [-0.15, -0.1) is 0 Å². The van der Waals surface area contributed by atoms with Crippen LogP contribution in [0.5, 0.6) is 0 Å². The Kier molecular flexibility index (Phi) is 4.59. The zero-order chi connectivity index (χ0) is 20.5. The summed E-state index contributed by atoms with van der Waals surface area (Å²) in [4.78, 5) is 48.1. The fourth-order valence-electron chi connectivity index (χ4n) is 3.31. The molecular formula is C19H16N4O6. The first-order valence-corrected chi connectivity index (χ1v) is 8.90. The minimum absolute atomic E-state index is 0.0385. The van der Waals surface area contributed by atoms with Crippen molar-refractivity contribution in [3.8, 4) is 0 Å². The first kappa shape index (κ1) is 18.4. The molecule has 0 spiro atoms. The number of non-ortho nitro benzene ring substituents is 1. The van der Waals surface area contributed by atoms with Gasteiger partial charge >= 0.3 is 5.76 Å². The number of hydrogen-bond acceptors (Lipinski definition) is 6. The van der Waals surface area contributed by atoms with Gasteiger partial charge in [0.2, 0.25) is 11.8 Å². The molecule has 3 aromatic rings. The molecule has 2 amide bonds. The summed E-state index contributed by atoms with van der Waals surface area (Å²) in [6.45, 7) is 0.370. The summed E-state index contributed by atoms with van der Waals surface area (Å²) in [5.74, 6) is -1.16.